The lowest BCUT2D eigenvalue weighted by molar-refractivity contribution is -0.117. The van der Waals surface area contributed by atoms with E-state index in [4.69, 9.17) is 4.74 Å². The van der Waals surface area contributed by atoms with E-state index in [0.717, 1.165) is 24.5 Å². The molecule has 1 aromatic rings. The second-order valence-electron chi connectivity index (χ2n) is 3.97. The molecule has 0 heterocycles. The van der Waals surface area contributed by atoms with E-state index in [9.17, 15) is 4.79 Å². The Morgan fingerprint density at radius 3 is 2.59 bits per heavy atom. The summed E-state index contributed by atoms with van der Waals surface area (Å²) in [4.78, 5) is 13.1. The summed E-state index contributed by atoms with van der Waals surface area (Å²) in [5.41, 5.74) is 1.16. The lowest BCUT2D eigenvalue weighted by atomic mass is 10.2. The van der Waals surface area contributed by atoms with Gasteiger partial charge in [-0.25, -0.2) is 0 Å². The fourth-order valence-corrected chi connectivity index (χ4v) is 1.67. The Bertz CT molecular complexity index is 359. The Labute approximate surface area is 103 Å². The molecule has 0 aliphatic heterocycles. The van der Waals surface area contributed by atoms with Crippen molar-refractivity contribution in [3.63, 3.8) is 0 Å². The van der Waals surface area contributed by atoms with Crippen LogP contribution in [-0.4, -0.2) is 25.5 Å². The number of anilines is 1. The van der Waals surface area contributed by atoms with Gasteiger partial charge in [0.25, 0.3) is 0 Å². The second-order valence-corrected chi connectivity index (χ2v) is 3.97. The van der Waals surface area contributed by atoms with Crippen LogP contribution in [0, 0.1) is 0 Å². The van der Waals surface area contributed by atoms with Gasteiger partial charge < -0.3 is 9.64 Å². The monoisotopic (exact) mass is 235 g/mol. The van der Waals surface area contributed by atoms with Crippen molar-refractivity contribution < 1.29 is 9.53 Å². The molecular weight excluding hydrogens is 214 g/mol. The summed E-state index contributed by atoms with van der Waals surface area (Å²) in [7, 11) is 0. The molecule has 1 rings (SSSR count). The summed E-state index contributed by atoms with van der Waals surface area (Å²) in [5.74, 6) is 0.987. The molecule has 0 atom stereocenters. The summed E-state index contributed by atoms with van der Waals surface area (Å²) in [6.07, 6.45) is 0.468. The SMILES string of the molecule is CCN(CC)c1cccc(OCCC(C)=O)c1. The van der Waals surface area contributed by atoms with E-state index in [-0.39, 0.29) is 5.78 Å². The number of Topliss-reactive ketones (excluding diaryl/α,β-unsaturated/α-hetero) is 1. The smallest absolute Gasteiger partial charge is 0.133 e. The van der Waals surface area contributed by atoms with Gasteiger partial charge >= 0.3 is 0 Å². The third kappa shape index (κ3) is 4.47. The number of carbonyl (C=O) groups excluding carboxylic acids is 1. The number of nitrogens with zero attached hydrogens (tertiary/aromatic N) is 1. The quantitative estimate of drug-likeness (QED) is 0.727. The second kappa shape index (κ2) is 6.94. The maximum Gasteiger partial charge on any atom is 0.133 e. The van der Waals surface area contributed by atoms with Crippen LogP contribution < -0.4 is 9.64 Å². The van der Waals surface area contributed by atoms with Crippen LogP contribution in [0.15, 0.2) is 24.3 Å². The Hall–Kier alpha value is -1.51. The predicted octanol–water partition coefficient (Wildman–Crippen LogP) is 2.89. The van der Waals surface area contributed by atoms with Crippen LogP contribution in [0.4, 0.5) is 5.69 Å². The number of rotatable bonds is 7. The third-order valence-electron chi connectivity index (χ3n) is 2.67. The van der Waals surface area contributed by atoms with Crippen molar-refractivity contribution in [2.45, 2.75) is 27.2 Å². The molecule has 0 radical (unpaired) electrons. The van der Waals surface area contributed by atoms with Gasteiger partial charge in [0.1, 0.15) is 11.5 Å². The molecule has 0 aromatic heterocycles. The minimum atomic E-state index is 0.157. The average Bonchev–Trinajstić information content (AvgIpc) is 2.31. The largest absolute Gasteiger partial charge is 0.493 e. The van der Waals surface area contributed by atoms with Crippen LogP contribution in [0.2, 0.25) is 0 Å². The molecule has 3 heteroatoms. The van der Waals surface area contributed by atoms with E-state index in [1.807, 2.05) is 18.2 Å². The molecule has 1 aromatic carbocycles. The van der Waals surface area contributed by atoms with Crippen LogP contribution in [0.5, 0.6) is 5.75 Å². The molecule has 0 aliphatic rings. The predicted molar refractivity (Wildman–Crippen MR) is 70.8 cm³/mol. The molecule has 0 saturated heterocycles. The first-order valence-corrected chi connectivity index (χ1v) is 6.14. The van der Waals surface area contributed by atoms with Crippen molar-refractivity contribution in [1.82, 2.24) is 0 Å². The minimum Gasteiger partial charge on any atom is -0.493 e. The Balaban J connectivity index is 2.62. The number of ketones is 1. The zero-order valence-corrected chi connectivity index (χ0v) is 10.9. The van der Waals surface area contributed by atoms with Gasteiger partial charge in [0, 0.05) is 31.3 Å². The standard InChI is InChI=1S/C14H21NO2/c1-4-15(5-2)13-7-6-8-14(11-13)17-10-9-12(3)16/h6-8,11H,4-5,9-10H2,1-3H3. The van der Waals surface area contributed by atoms with E-state index in [1.54, 1.807) is 6.92 Å². The average molecular weight is 235 g/mol. The summed E-state index contributed by atoms with van der Waals surface area (Å²) < 4.78 is 5.55. The third-order valence-corrected chi connectivity index (χ3v) is 2.67. The normalized spacial score (nSPS) is 10.1. The lowest BCUT2D eigenvalue weighted by Crippen LogP contribution is -2.21. The van der Waals surface area contributed by atoms with E-state index >= 15 is 0 Å². The molecule has 0 fully saturated rings. The highest BCUT2D eigenvalue weighted by Gasteiger charge is 2.03. The molecule has 3 nitrogen and oxygen atoms in total. The first-order valence-electron chi connectivity index (χ1n) is 6.14. The first kappa shape index (κ1) is 13.6. The van der Waals surface area contributed by atoms with Gasteiger partial charge in [-0.3, -0.25) is 4.79 Å². The molecule has 0 spiro atoms. The summed E-state index contributed by atoms with van der Waals surface area (Å²) >= 11 is 0. The van der Waals surface area contributed by atoms with Crippen molar-refractivity contribution in [3.8, 4) is 5.75 Å². The Morgan fingerprint density at radius 1 is 1.29 bits per heavy atom. The zero-order valence-electron chi connectivity index (χ0n) is 10.9. The first-order chi connectivity index (χ1) is 8.17. The summed E-state index contributed by atoms with van der Waals surface area (Å²) in [6.45, 7) is 8.26. The lowest BCUT2D eigenvalue weighted by Gasteiger charge is -2.21. The highest BCUT2D eigenvalue weighted by Crippen LogP contribution is 2.21. The molecule has 0 saturated carbocycles. The minimum absolute atomic E-state index is 0.157. The Morgan fingerprint density at radius 2 is 2.00 bits per heavy atom. The molecule has 0 bridgehead atoms. The molecule has 94 valence electrons. The molecule has 17 heavy (non-hydrogen) atoms. The van der Waals surface area contributed by atoms with Crippen molar-refractivity contribution in [3.05, 3.63) is 24.3 Å². The van der Waals surface area contributed by atoms with E-state index in [0.29, 0.717) is 13.0 Å². The van der Waals surface area contributed by atoms with Crippen LogP contribution in [0.1, 0.15) is 27.2 Å². The summed E-state index contributed by atoms with van der Waals surface area (Å²) in [6, 6.07) is 8.00. The van der Waals surface area contributed by atoms with Crippen LogP contribution in [-0.2, 0) is 4.79 Å². The highest BCUT2D eigenvalue weighted by molar-refractivity contribution is 5.75. The van der Waals surface area contributed by atoms with Gasteiger partial charge in [-0.15, -0.1) is 0 Å². The maximum atomic E-state index is 10.8. The topological polar surface area (TPSA) is 29.5 Å². The molecule has 0 N–H and O–H groups in total. The van der Waals surface area contributed by atoms with E-state index in [1.165, 1.54) is 0 Å². The van der Waals surface area contributed by atoms with E-state index < -0.39 is 0 Å². The fraction of sp³-hybridized carbons (Fsp3) is 0.500. The van der Waals surface area contributed by atoms with Gasteiger partial charge in [0.15, 0.2) is 0 Å². The highest BCUT2D eigenvalue weighted by atomic mass is 16.5. The number of carbonyl (C=O) groups is 1. The number of benzene rings is 1. The van der Waals surface area contributed by atoms with Crippen LogP contribution in [0.3, 0.4) is 0 Å². The number of ether oxygens (including phenoxy) is 1. The van der Waals surface area contributed by atoms with Gasteiger partial charge in [-0.2, -0.15) is 0 Å². The van der Waals surface area contributed by atoms with Gasteiger partial charge in [0.05, 0.1) is 6.61 Å². The Kier molecular flexibility index (Phi) is 5.53. The number of hydrogen-bond acceptors (Lipinski definition) is 3. The fourth-order valence-electron chi connectivity index (χ4n) is 1.67. The molecular formula is C14H21NO2. The molecule has 0 unspecified atom stereocenters. The van der Waals surface area contributed by atoms with Crippen LogP contribution in [0.25, 0.3) is 0 Å². The molecule has 0 aliphatic carbocycles. The van der Waals surface area contributed by atoms with Crippen molar-refractivity contribution in [1.29, 1.82) is 0 Å². The van der Waals surface area contributed by atoms with Gasteiger partial charge in [0.2, 0.25) is 0 Å². The van der Waals surface area contributed by atoms with Crippen molar-refractivity contribution in [2.24, 2.45) is 0 Å². The maximum absolute atomic E-state index is 10.8. The van der Waals surface area contributed by atoms with E-state index in [2.05, 4.69) is 24.8 Å². The van der Waals surface area contributed by atoms with Gasteiger partial charge in [-0.05, 0) is 32.9 Å². The number of hydrogen-bond donors (Lipinski definition) is 0. The summed E-state index contributed by atoms with van der Waals surface area (Å²) in [5, 5.41) is 0. The van der Waals surface area contributed by atoms with Crippen molar-refractivity contribution in [2.75, 3.05) is 24.6 Å². The van der Waals surface area contributed by atoms with Crippen molar-refractivity contribution >= 4 is 11.5 Å². The zero-order chi connectivity index (χ0) is 12.7. The van der Waals surface area contributed by atoms with Crippen LogP contribution >= 0.6 is 0 Å². The molecule has 0 amide bonds. The van der Waals surface area contributed by atoms with Gasteiger partial charge in [-0.1, -0.05) is 6.07 Å².